The van der Waals surface area contributed by atoms with E-state index in [9.17, 15) is 0 Å². The first-order chi connectivity index (χ1) is 19.8. The minimum Gasteiger partial charge on any atom is -0.455 e. The zero-order valence-corrected chi connectivity index (χ0v) is 33.6. The first-order valence-electron chi connectivity index (χ1n) is 17.7. The average molecular weight is 682 g/mol. The van der Waals surface area contributed by atoms with Gasteiger partial charge in [0.1, 0.15) is 0 Å². The van der Waals surface area contributed by atoms with Gasteiger partial charge in [-0.1, -0.05) is 68.8 Å². The van der Waals surface area contributed by atoms with Crippen LogP contribution in [0, 0.1) is 53.3 Å². The van der Waals surface area contributed by atoms with Gasteiger partial charge >= 0.3 is 8.56 Å². The predicted octanol–water partition coefficient (Wildman–Crippen LogP) is 10.3. The Hall–Kier alpha value is 0.258. The maximum Gasteiger partial charge on any atom is 0.326 e. The third kappa shape index (κ3) is 12.1. The average Bonchev–Trinajstić information content (AvgIpc) is 3.72. The molecule has 0 aromatic heterocycles. The highest BCUT2D eigenvalue weighted by Gasteiger charge is 2.40. The molecule has 0 spiro atoms. The number of allylic oxidation sites excluding steroid dienone is 6. The monoisotopic (exact) mass is 680 g/mol. The fourth-order valence-electron chi connectivity index (χ4n) is 9.12. The van der Waals surface area contributed by atoms with Gasteiger partial charge < -0.3 is 13.7 Å². The molecular weight excluding hydrogens is 616 g/mol. The fraction of sp³-hybridized carbons (Fsp3) is 0.829. The summed E-state index contributed by atoms with van der Waals surface area (Å²) >= 11 is 6.33. The van der Waals surface area contributed by atoms with Crippen molar-refractivity contribution in [1.82, 2.24) is 0 Å². The lowest BCUT2D eigenvalue weighted by atomic mass is 9.91. The first-order valence-corrected chi connectivity index (χ1v) is 31.1. The van der Waals surface area contributed by atoms with Gasteiger partial charge in [0.25, 0.3) is 0 Å². The van der Waals surface area contributed by atoms with Crippen molar-refractivity contribution in [1.29, 1.82) is 0 Å². The van der Waals surface area contributed by atoms with Gasteiger partial charge in [-0.15, -0.1) is 0 Å². The maximum absolute atomic E-state index is 8.22. The molecule has 0 saturated heterocycles. The van der Waals surface area contributed by atoms with Crippen LogP contribution in [0.2, 0.25) is 70.5 Å². The summed E-state index contributed by atoms with van der Waals surface area (Å²) in [4.78, 5) is 16.4. The lowest BCUT2D eigenvalue weighted by molar-refractivity contribution is 0.382. The Kier molecular flexibility index (Phi) is 12.2. The molecule has 0 aromatic carbocycles. The van der Waals surface area contributed by atoms with Gasteiger partial charge in [-0.25, -0.2) is 0 Å². The van der Waals surface area contributed by atoms with Crippen LogP contribution in [-0.4, -0.2) is 42.2 Å². The molecule has 6 bridgehead atoms. The topological polar surface area (TPSA) is 49.7 Å². The smallest absolute Gasteiger partial charge is 0.326 e. The molecule has 43 heavy (non-hydrogen) atoms. The van der Waals surface area contributed by atoms with Crippen LogP contribution in [0.1, 0.15) is 57.8 Å². The van der Waals surface area contributed by atoms with Crippen LogP contribution < -0.4 is 0 Å². The molecular formula is C35H65ClO3Si4. The van der Waals surface area contributed by atoms with Crippen molar-refractivity contribution in [2.24, 2.45) is 53.3 Å². The maximum atomic E-state index is 8.22. The van der Waals surface area contributed by atoms with E-state index in [1.165, 1.54) is 89.0 Å². The van der Waals surface area contributed by atoms with Gasteiger partial charge in [-0.2, -0.15) is 11.1 Å². The van der Waals surface area contributed by atoms with Crippen molar-refractivity contribution in [3.05, 3.63) is 36.5 Å². The molecule has 0 heterocycles. The van der Waals surface area contributed by atoms with Gasteiger partial charge in [0.05, 0.1) is 0 Å². The second kappa shape index (κ2) is 14.6. The molecule has 6 aliphatic rings. The Morgan fingerprint density at radius 3 is 1.07 bits per heavy atom. The zero-order chi connectivity index (χ0) is 31.6. The third-order valence-corrected chi connectivity index (χ3v) is 20.6. The van der Waals surface area contributed by atoms with Crippen molar-refractivity contribution in [3.63, 3.8) is 0 Å². The molecule has 6 aliphatic carbocycles. The zero-order valence-electron chi connectivity index (χ0n) is 28.8. The molecule has 9 unspecified atom stereocenters. The van der Waals surface area contributed by atoms with Crippen molar-refractivity contribution in [2.75, 3.05) is 0 Å². The molecule has 8 heteroatoms. The van der Waals surface area contributed by atoms with E-state index < -0.39 is 32.6 Å². The summed E-state index contributed by atoms with van der Waals surface area (Å²) < 4.78 is 6.95. The van der Waals surface area contributed by atoms with Gasteiger partial charge in [-0.3, -0.25) is 0 Å². The summed E-state index contributed by atoms with van der Waals surface area (Å²) in [5, 5.41) is 0. The van der Waals surface area contributed by atoms with E-state index in [2.05, 4.69) is 75.7 Å². The molecule has 0 amide bonds. The molecule has 3 nitrogen and oxygen atoms in total. The van der Waals surface area contributed by atoms with Crippen LogP contribution in [0.4, 0.5) is 0 Å². The second-order valence-corrected chi connectivity index (χ2v) is 36.4. The van der Waals surface area contributed by atoms with Crippen molar-refractivity contribution >= 4 is 43.7 Å². The van der Waals surface area contributed by atoms with Gasteiger partial charge in [0.15, 0.2) is 24.0 Å². The third-order valence-electron chi connectivity index (χ3n) is 11.1. The van der Waals surface area contributed by atoms with Crippen LogP contribution in [0.3, 0.4) is 0 Å². The lowest BCUT2D eigenvalue weighted by Crippen LogP contribution is -2.44. The quantitative estimate of drug-likeness (QED) is 0.130. The Bertz CT molecular complexity index is 944. The molecule has 9 atom stereocenters. The van der Waals surface area contributed by atoms with E-state index >= 15 is 0 Å². The molecule has 0 aromatic rings. The molecule has 246 valence electrons. The molecule has 2 N–H and O–H groups in total. The molecule has 3 saturated carbocycles. The summed E-state index contributed by atoms with van der Waals surface area (Å²) in [7, 11) is -6.92. The number of hydrogen-bond donors (Lipinski definition) is 2. The number of halogens is 1. The standard InChI is InChI=1S/C22H38OSi2.C11H19ClSi.C2H8O2Si/c1-24(2,11-9-21-15-17-5-7-19(21)13-17)23-25(3,4)12-10-22-16-18-6-8-20(22)14-18;1-13(2,12)6-5-11-8-9-3-4-10(11)7-9;1-5(2,3)4/h5-8,17-22H,9-16H2,1-4H3;3-4,9-11H,5-8H2,1-2H3;3-4H,1-2H3. The van der Waals surface area contributed by atoms with Crippen molar-refractivity contribution in [2.45, 2.75) is 128 Å². The molecule has 6 rings (SSSR count). The van der Waals surface area contributed by atoms with E-state index in [4.69, 9.17) is 24.8 Å². The highest BCUT2D eigenvalue weighted by molar-refractivity contribution is 7.19. The van der Waals surface area contributed by atoms with E-state index in [-0.39, 0.29) is 0 Å². The van der Waals surface area contributed by atoms with Crippen LogP contribution in [0.5, 0.6) is 0 Å². The minimum absolute atomic E-state index is 0.908. The number of hydrogen-bond acceptors (Lipinski definition) is 3. The van der Waals surface area contributed by atoms with E-state index in [1.807, 2.05) is 0 Å². The molecule has 3 fully saturated rings. The van der Waals surface area contributed by atoms with Gasteiger partial charge in [-0.05, 0) is 149 Å². The second-order valence-electron chi connectivity index (χ2n) is 17.6. The normalized spacial score (nSPS) is 35.4. The number of rotatable bonds is 11. The SMILES string of the molecule is C[Si](C)(CCC1CC2C=CC1C2)O[Si](C)(C)CCC1CC2C=CC1C2.C[Si](C)(Cl)CCC1CC2C=CC1C2.C[Si](C)(O)O. The summed E-state index contributed by atoms with van der Waals surface area (Å²) in [6.07, 6.45) is 27.8. The summed E-state index contributed by atoms with van der Waals surface area (Å²) in [6.45, 7) is 17.4. The Labute approximate surface area is 274 Å². The number of fused-ring (bicyclic) bond motifs is 6. The Morgan fingerprint density at radius 2 is 0.837 bits per heavy atom. The van der Waals surface area contributed by atoms with Crippen LogP contribution in [0.25, 0.3) is 0 Å². The molecule has 0 radical (unpaired) electrons. The Morgan fingerprint density at radius 1 is 0.535 bits per heavy atom. The fourth-order valence-corrected chi connectivity index (χ4v) is 19.4. The summed E-state index contributed by atoms with van der Waals surface area (Å²) in [6, 6.07) is 4.06. The Balaban J connectivity index is 0.000000196. The van der Waals surface area contributed by atoms with E-state index in [0.29, 0.717) is 0 Å². The van der Waals surface area contributed by atoms with Crippen molar-refractivity contribution in [3.8, 4) is 0 Å². The van der Waals surface area contributed by atoms with Crippen molar-refractivity contribution < 1.29 is 13.7 Å². The molecule has 0 aliphatic heterocycles. The highest BCUT2D eigenvalue weighted by Crippen LogP contribution is 2.48. The van der Waals surface area contributed by atoms with Crippen LogP contribution in [0.15, 0.2) is 36.5 Å². The van der Waals surface area contributed by atoms with E-state index in [1.54, 1.807) is 0 Å². The largest absolute Gasteiger partial charge is 0.455 e. The van der Waals surface area contributed by atoms with Gasteiger partial charge in [0.2, 0.25) is 0 Å². The van der Waals surface area contributed by atoms with E-state index in [0.717, 1.165) is 53.3 Å². The summed E-state index contributed by atoms with van der Waals surface area (Å²) in [5.74, 6) is 8.40. The predicted molar refractivity (Wildman–Crippen MR) is 196 cm³/mol. The highest BCUT2D eigenvalue weighted by atomic mass is 35.6. The van der Waals surface area contributed by atoms with Crippen LogP contribution >= 0.6 is 11.1 Å². The minimum atomic E-state index is -2.61. The first kappa shape index (κ1) is 36.1. The lowest BCUT2D eigenvalue weighted by Gasteiger charge is -2.36. The van der Waals surface area contributed by atoms with Gasteiger partial charge in [0, 0.05) is 0 Å². The summed E-state index contributed by atoms with van der Waals surface area (Å²) in [5.41, 5.74) is 0. The van der Waals surface area contributed by atoms with Crippen LogP contribution in [-0.2, 0) is 4.12 Å².